The Balaban J connectivity index is 1.89. The Bertz CT molecular complexity index is 1040. The van der Waals surface area contributed by atoms with Crippen molar-refractivity contribution in [3.63, 3.8) is 0 Å². The van der Waals surface area contributed by atoms with E-state index >= 15 is 0 Å². The van der Waals surface area contributed by atoms with Crippen molar-refractivity contribution in [1.82, 2.24) is 19.8 Å². The van der Waals surface area contributed by atoms with Gasteiger partial charge in [-0.15, -0.1) is 0 Å². The summed E-state index contributed by atoms with van der Waals surface area (Å²) in [6, 6.07) is 11.4. The molecule has 1 aromatic heterocycles. The molecule has 0 amide bonds. The number of hydrogen-bond acceptors (Lipinski definition) is 6. The van der Waals surface area contributed by atoms with Crippen LogP contribution in [0.25, 0.3) is 5.69 Å². The number of nitrogens with zero attached hydrogens (tertiary/aromatic N) is 4. The van der Waals surface area contributed by atoms with Gasteiger partial charge in [0, 0.05) is 13.7 Å². The number of benzene rings is 2. The van der Waals surface area contributed by atoms with Crippen molar-refractivity contribution in [2.45, 2.75) is 33.5 Å². The molecule has 1 unspecified atom stereocenters. The SMILES string of the molecule is CCOC(C)c1ccc(OCc2c(OC)cccc2-n2nnn(C)c2=O)c(C)c1. The van der Waals surface area contributed by atoms with Gasteiger partial charge >= 0.3 is 5.69 Å². The molecule has 154 valence electrons. The van der Waals surface area contributed by atoms with E-state index in [4.69, 9.17) is 14.2 Å². The third kappa shape index (κ3) is 4.32. The highest BCUT2D eigenvalue weighted by molar-refractivity contribution is 5.49. The number of aromatic nitrogens is 4. The van der Waals surface area contributed by atoms with Gasteiger partial charge in [-0.05, 0) is 66.6 Å². The summed E-state index contributed by atoms with van der Waals surface area (Å²) in [5.41, 5.74) is 3.04. The first-order valence-corrected chi connectivity index (χ1v) is 9.46. The molecule has 0 fully saturated rings. The van der Waals surface area contributed by atoms with Crippen molar-refractivity contribution >= 4 is 0 Å². The molecule has 0 aliphatic rings. The molecule has 0 saturated heterocycles. The summed E-state index contributed by atoms with van der Waals surface area (Å²) in [7, 11) is 3.13. The summed E-state index contributed by atoms with van der Waals surface area (Å²) >= 11 is 0. The minimum atomic E-state index is -0.343. The lowest BCUT2D eigenvalue weighted by molar-refractivity contribution is 0.0763. The summed E-state index contributed by atoms with van der Waals surface area (Å²) < 4.78 is 19.6. The fourth-order valence-electron chi connectivity index (χ4n) is 3.14. The maximum absolute atomic E-state index is 12.3. The second kappa shape index (κ2) is 8.91. The molecule has 0 N–H and O–H groups in total. The van der Waals surface area contributed by atoms with Gasteiger partial charge in [-0.3, -0.25) is 0 Å². The molecular weight excluding hydrogens is 372 g/mol. The third-order valence-corrected chi connectivity index (χ3v) is 4.74. The molecular formula is C21H26N4O4. The molecule has 0 aliphatic carbocycles. The molecule has 2 aromatic carbocycles. The quantitative estimate of drug-likeness (QED) is 0.580. The molecule has 3 aromatic rings. The van der Waals surface area contributed by atoms with Gasteiger partial charge in [-0.2, -0.15) is 9.36 Å². The topological polar surface area (TPSA) is 80.4 Å². The van der Waals surface area contributed by atoms with Crippen LogP contribution in [-0.4, -0.2) is 33.5 Å². The van der Waals surface area contributed by atoms with E-state index in [0.29, 0.717) is 23.6 Å². The Hall–Kier alpha value is -3.13. The minimum Gasteiger partial charge on any atom is -0.496 e. The van der Waals surface area contributed by atoms with Crippen molar-refractivity contribution in [3.05, 3.63) is 63.6 Å². The summed E-state index contributed by atoms with van der Waals surface area (Å²) in [6.07, 6.45) is 0.0251. The van der Waals surface area contributed by atoms with Gasteiger partial charge in [-0.25, -0.2) is 4.79 Å². The number of aryl methyl sites for hydroxylation is 2. The van der Waals surface area contributed by atoms with Crippen LogP contribution in [0.2, 0.25) is 0 Å². The maximum atomic E-state index is 12.3. The molecule has 8 nitrogen and oxygen atoms in total. The van der Waals surface area contributed by atoms with Crippen LogP contribution in [0.4, 0.5) is 0 Å². The van der Waals surface area contributed by atoms with Crippen LogP contribution in [0, 0.1) is 6.92 Å². The van der Waals surface area contributed by atoms with E-state index in [1.54, 1.807) is 26.3 Å². The Morgan fingerprint density at radius 1 is 1.14 bits per heavy atom. The lowest BCUT2D eigenvalue weighted by Crippen LogP contribution is -2.23. The van der Waals surface area contributed by atoms with E-state index in [1.807, 2.05) is 39.0 Å². The van der Waals surface area contributed by atoms with Crippen LogP contribution in [0.15, 0.2) is 41.2 Å². The average Bonchev–Trinajstić information content (AvgIpc) is 3.05. The number of tetrazole rings is 1. The molecule has 0 radical (unpaired) electrons. The van der Waals surface area contributed by atoms with Crippen molar-refractivity contribution in [1.29, 1.82) is 0 Å². The highest BCUT2D eigenvalue weighted by Crippen LogP contribution is 2.29. The number of rotatable bonds is 8. The van der Waals surface area contributed by atoms with Gasteiger partial charge in [0.25, 0.3) is 0 Å². The molecule has 3 rings (SSSR count). The van der Waals surface area contributed by atoms with Crippen LogP contribution in [0.5, 0.6) is 11.5 Å². The van der Waals surface area contributed by atoms with E-state index in [2.05, 4.69) is 16.5 Å². The average molecular weight is 398 g/mol. The fraction of sp³-hybridized carbons (Fsp3) is 0.381. The van der Waals surface area contributed by atoms with Crippen LogP contribution >= 0.6 is 0 Å². The Kier molecular flexibility index (Phi) is 6.33. The van der Waals surface area contributed by atoms with Crippen molar-refractivity contribution in [2.75, 3.05) is 13.7 Å². The molecule has 0 aliphatic heterocycles. The van der Waals surface area contributed by atoms with E-state index in [0.717, 1.165) is 16.9 Å². The largest absolute Gasteiger partial charge is 0.496 e. The van der Waals surface area contributed by atoms with Crippen molar-refractivity contribution in [2.24, 2.45) is 7.05 Å². The molecule has 0 saturated carbocycles. The molecule has 8 heteroatoms. The first kappa shape index (κ1) is 20.6. The van der Waals surface area contributed by atoms with Crippen LogP contribution in [0.1, 0.15) is 36.6 Å². The monoisotopic (exact) mass is 398 g/mol. The molecule has 0 bridgehead atoms. The Morgan fingerprint density at radius 2 is 1.93 bits per heavy atom. The van der Waals surface area contributed by atoms with Gasteiger partial charge in [0.15, 0.2) is 0 Å². The molecule has 1 heterocycles. The van der Waals surface area contributed by atoms with Gasteiger partial charge in [0.1, 0.15) is 18.1 Å². The second-order valence-corrected chi connectivity index (χ2v) is 6.67. The first-order valence-electron chi connectivity index (χ1n) is 9.46. The summed E-state index contributed by atoms with van der Waals surface area (Å²) in [5.74, 6) is 1.36. The first-order chi connectivity index (χ1) is 14.0. The second-order valence-electron chi connectivity index (χ2n) is 6.67. The minimum absolute atomic E-state index is 0.0251. The van der Waals surface area contributed by atoms with Gasteiger partial charge in [0.05, 0.1) is 24.5 Å². The summed E-state index contributed by atoms with van der Waals surface area (Å²) in [6.45, 7) is 6.88. The van der Waals surface area contributed by atoms with Gasteiger partial charge in [0.2, 0.25) is 0 Å². The van der Waals surface area contributed by atoms with E-state index < -0.39 is 0 Å². The molecule has 0 spiro atoms. The highest BCUT2D eigenvalue weighted by Gasteiger charge is 2.16. The lowest BCUT2D eigenvalue weighted by atomic mass is 10.1. The number of methoxy groups -OCH3 is 1. The third-order valence-electron chi connectivity index (χ3n) is 4.74. The number of ether oxygens (including phenoxy) is 3. The van der Waals surface area contributed by atoms with E-state index in [1.165, 1.54) is 9.36 Å². The highest BCUT2D eigenvalue weighted by atomic mass is 16.5. The normalized spacial score (nSPS) is 12.0. The predicted octanol–water partition coefficient (Wildman–Crippen LogP) is 2.96. The van der Waals surface area contributed by atoms with Gasteiger partial charge in [-0.1, -0.05) is 12.1 Å². The summed E-state index contributed by atoms with van der Waals surface area (Å²) in [5, 5.41) is 7.72. The van der Waals surface area contributed by atoms with E-state index in [9.17, 15) is 4.79 Å². The van der Waals surface area contributed by atoms with Crippen LogP contribution < -0.4 is 15.2 Å². The van der Waals surface area contributed by atoms with Crippen LogP contribution in [0.3, 0.4) is 0 Å². The standard InChI is InChI=1S/C21H26N4O4/c1-6-28-15(3)16-10-11-19(14(2)12-16)29-13-17-18(8-7-9-20(17)27-5)25-21(26)24(4)22-23-25/h7-12,15H,6,13H2,1-5H3. The molecule has 1 atom stereocenters. The zero-order chi connectivity index (χ0) is 21.0. The van der Waals surface area contributed by atoms with Crippen molar-refractivity contribution in [3.8, 4) is 17.2 Å². The zero-order valence-corrected chi connectivity index (χ0v) is 17.4. The van der Waals surface area contributed by atoms with Gasteiger partial charge < -0.3 is 14.2 Å². The smallest absolute Gasteiger partial charge is 0.368 e. The molecule has 29 heavy (non-hydrogen) atoms. The van der Waals surface area contributed by atoms with Crippen LogP contribution in [-0.2, 0) is 18.4 Å². The Labute approximate surface area is 169 Å². The predicted molar refractivity (Wildman–Crippen MR) is 109 cm³/mol. The van der Waals surface area contributed by atoms with Crippen molar-refractivity contribution < 1.29 is 14.2 Å². The Morgan fingerprint density at radius 3 is 2.55 bits per heavy atom. The number of hydrogen-bond donors (Lipinski definition) is 0. The van der Waals surface area contributed by atoms with E-state index in [-0.39, 0.29) is 18.4 Å². The zero-order valence-electron chi connectivity index (χ0n) is 17.4. The lowest BCUT2D eigenvalue weighted by Gasteiger charge is -2.17. The summed E-state index contributed by atoms with van der Waals surface area (Å²) in [4.78, 5) is 12.3. The fourth-order valence-corrected chi connectivity index (χ4v) is 3.14. The maximum Gasteiger partial charge on any atom is 0.368 e.